The molecule has 0 fully saturated rings. The molecule has 0 spiro atoms. The molecular weight excluding hydrogens is 288 g/mol. The van der Waals surface area contributed by atoms with Gasteiger partial charge in [0.1, 0.15) is 23.7 Å². The third-order valence-electron chi connectivity index (χ3n) is 3.66. The number of ether oxygens (including phenoxy) is 2. The molecule has 0 aliphatic carbocycles. The van der Waals surface area contributed by atoms with Crippen LogP contribution < -0.4 is 4.74 Å². The predicted molar refractivity (Wildman–Crippen MR) is 78.2 cm³/mol. The van der Waals surface area contributed by atoms with Crippen molar-refractivity contribution >= 4 is 11.9 Å². The highest BCUT2D eigenvalue weighted by molar-refractivity contribution is 5.98. The van der Waals surface area contributed by atoms with Gasteiger partial charge in [-0.25, -0.2) is 4.79 Å². The Kier molecular flexibility index (Phi) is 4.70. The average Bonchev–Trinajstić information content (AvgIpc) is 2.86. The second-order valence-electron chi connectivity index (χ2n) is 5.02. The molecular formula is C16H18O6. The quantitative estimate of drug-likeness (QED) is 0.619. The summed E-state index contributed by atoms with van der Waals surface area (Å²) in [4.78, 5) is 22.2. The lowest BCUT2D eigenvalue weighted by Gasteiger charge is -2.15. The number of allylic oxidation sites excluding steroid dienone is 2. The van der Waals surface area contributed by atoms with Gasteiger partial charge in [0, 0.05) is 17.5 Å². The fraction of sp³-hybridized carbons (Fsp3) is 0.375. The molecule has 1 heterocycles. The number of esters is 1. The molecule has 118 valence electrons. The van der Waals surface area contributed by atoms with Crippen LogP contribution in [0.2, 0.25) is 0 Å². The molecule has 0 bridgehead atoms. The number of cyclic esters (lactones) is 1. The number of methoxy groups -OCH3 is 1. The Labute approximate surface area is 128 Å². The van der Waals surface area contributed by atoms with Gasteiger partial charge in [0.15, 0.2) is 0 Å². The van der Waals surface area contributed by atoms with Crippen molar-refractivity contribution in [2.24, 2.45) is 0 Å². The van der Waals surface area contributed by atoms with Crippen molar-refractivity contribution in [3.63, 3.8) is 0 Å². The standard InChI is InChI=1S/C16H18O6/c1-9-11-8-22-16(20)13(11)14(19)10(15(9)21-2)6-4-3-5-7-12(17)18/h3-4,19H,5-8H2,1-2H3,(H,17,18)/b4-3-. The molecule has 0 unspecified atom stereocenters. The zero-order valence-electron chi connectivity index (χ0n) is 12.5. The van der Waals surface area contributed by atoms with Crippen molar-refractivity contribution in [3.8, 4) is 11.5 Å². The SMILES string of the molecule is COc1c(C)c2c(c(O)c1C/C=C\CCC(=O)O)C(=O)OC2. The van der Waals surface area contributed by atoms with Gasteiger partial charge >= 0.3 is 11.9 Å². The molecule has 1 aromatic rings. The molecule has 0 radical (unpaired) electrons. The first-order chi connectivity index (χ1) is 10.5. The number of carbonyl (C=O) groups excluding carboxylic acids is 1. The van der Waals surface area contributed by atoms with Crippen molar-refractivity contribution in [1.82, 2.24) is 0 Å². The molecule has 1 aliphatic rings. The fourth-order valence-corrected chi connectivity index (χ4v) is 2.55. The number of carbonyl (C=O) groups is 2. The zero-order valence-corrected chi connectivity index (χ0v) is 12.5. The van der Waals surface area contributed by atoms with E-state index in [-0.39, 0.29) is 24.3 Å². The number of phenolic OH excluding ortho intramolecular Hbond substituents is 1. The van der Waals surface area contributed by atoms with E-state index in [2.05, 4.69) is 0 Å². The number of carboxylic acid groups (broad SMARTS) is 1. The molecule has 1 aliphatic heterocycles. The molecule has 6 nitrogen and oxygen atoms in total. The van der Waals surface area contributed by atoms with E-state index in [0.717, 1.165) is 5.56 Å². The van der Waals surface area contributed by atoms with Crippen LogP contribution in [0.3, 0.4) is 0 Å². The summed E-state index contributed by atoms with van der Waals surface area (Å²) in [6, 6.07) is 0. The second kappa shape index (κ2) is 6.51. The van der Waals surface area contributed by atoms with Crippen LogP contribution in [0.25, 0.3) is 0 Å². The smallest absolute Gasteiger partial charge is 0.342 e. The zero-order chi connectivity index (χ0) is 16.3. The van der Waals surface area contributed by atoms with Crippen LogP contribution in [0.1, 0.15) is 39.9 Å². The van der Waals surface area contributed by atoms with Crippen LogP contribution >= 0.6 is 0 Å². The Morgan fingerprint density at radius 3 is 2.77 bits per heavy atom. The third kappa shape index (κ3) is 2.90. The summed E-state index contributed by atoms with van der Waals surface area (Å²) in [6.07, 6.45) is 4.29. The number of hydrogen-bond acceptors (Lipinski definition) is 5. The van der Waals surface area contributed by atoms with Crippen LogP contribution in [0.4, 0.5) is 0 Å². The first-order valence-electron chi connectivity index (χ1n) is 6.92. The molecule has 0 saturated carbocycles. The van der Waals surface area contributed by atoms with Crippen molar-refractivity contribution in [3.05, 3.63) is 34.4 Å². The van der Waals surface area contributed by atoms with Crippen molar-refractivity contribution in [2.75, 3.05) is 7.11 Å². The van der Waals surface area contributed by atoms with Gasteiger partial charge in [-0.3, -0.25) is 4.79 Å². The lowest BCUT2D eigenvalue weighted by molar-refractivity contribution is -0.136. The van der Waals surface area contributed by atoms with Gasteiger partial charge in [-0.1, -0.05) is 12.2 Å². The summed E-state index contributed by atoms with van der Waals surface area (Å²) >= 11 is 0. The van der Waals surface area contributed by atoms with Gasteiger partial charge in [0.05, 0.1) is 7.11 Å². The number of phenols is 1. The van der Waals surface area contributed by atoms with Crippen LogP contribution in [0.5, 0.6) is 11.5 Å². The second-order valence-corrected chi connectivity index (χ2v) is 5.02. The van der Waals surface area contributed by atoms with Gasteiger partial charge in [-0.15, -0.1) is 0 Å². The normalized spacial score (nSPS) is 13.3. The maximum atomic E-state index is 11.7. The topological polar surface area (TPSA) is 93.1 Å². The Hall–Kier alpha value is -2.50. The molecule has 2 rings (SSSR count). The van der Waals surface area contributed by atoms with Crippen molar-refractivity contribution < 1.29 is 29.3 Å². The summed E-state index contributed by atoms with van der Waals surface area (Å²) in [5, 5.41) is 18.9. The van der Waals surface area contributed by atoms with Gasteiger partial charge in [0.25, 0.3) is 0 Å². The molecule has 0 amide bonds. The van der Waals surface area contributed by atoms with Gasteiger partial charge in [-0.2, -0.15) is 0 Å². The summed E-state index contributed by atoms with van der Waals surface area (Å²) in [7, 11) is 1.50. The minimum absolute atomic E-state index is 0.0508. The predicted octanol–water partition coefficient (Wildman–Crippen LogP) is 2.34. The number of fused-ring (bicyclic) bond motifs is 1. The molecule has 0 atom stereocenters. The van der Waals surface area contributed by atoms with Crippen LogP contribution in [0.15, 0.2) is 12.2 Å². The van der Waals surface area contributed by atoms with E-state index in [1.54, 1.807) is 12.2 Å². The molecule has 6 heteroatoms. The average molecular weight is 306 g/mol. The number of hydrogen-bond donors (Lipinski definition) is 2. The van der Waals surface area contributed by atoms with Crippen LogP contribution in [-0.4, -0.2) is 29.3 Å². The van der Waals surface area contributed by atoms with Gasteiger partial charge in [0.2, 0.25) is 0 Å². The molecule has 2 N–H and O–H groups in total. The van der Waals surface area contributed by atoms with Crippen LogP contribution in [-0.2, 0) is 22.6 Å². The van der Waals surface area contributed by atoms with E-state index < -0.39 is 11.9 Å². The van der Waals surface area contributed by atoms with E-state index in [0.29, 0.717) is 29.7 Å². The fourth-order valence-electron chi connectivity index (χ4n) is 2.55. The number of aliphatic carboxylic acids is 1. The van der Waals surface area contributed by atoms with Gasteiger partial charge in [-0.05, 0) is 25.3 Å². The summed E-state index contributed by atoms with van der Waals surface area (Å²) in [5.41, 5.74) is 2.13. The first kappa shape index (κ1) is 15.9. The molecule has 0 aromatic heterocycles. The largest absolute Gasteiger partial charge is 0.507 e. The van der Waals surface area contributed by atoms with E-state index in [9.17, 15) is 14.7 Å². The Balaban J connectivity index is 2.31. The third-order valence-corrected chi connectivity index (χ3v) is 3.66. The highest BCUT2D eigenvalue weighted by Crippen LogP contribution is 2.41. The number of benzene rings is 1. The summed E-state index contributed by atoms with van der Waals surface area (Å²) in [6.45, 7) is 1.95. The number of carboxylic acids is 1. The Bertz CT molecular complexity index is 645. The van der Waals surface area contributed by atoms with E-state index in [4.69, 9.17) is 14.6 Å². The maximum Gasteiger partial charge on any atom is 0.342 e. The Morgan fingerprint density at radius 1 is 1.41 bits per heavy atom. The lowest BCUT2D eigenvalue weighted by Crippen LogP contribution is -2.03. The highest BCUT2D eigenvalue weighted by Gasteiger charge is 2.31. The van der Waals surface area contributed by atoms with E-state index in [1.165, 1.54) is 7.11 Å². The van der Waals surface area contributed by atoms with Crippen molar-refractivity contribution in [2.45, 2.75) is 32.8 Å². The first-order valence-corrected chi connectivity index (χ1v) is 6.92. The number of aromatic hydroxyl groups is 1. The number of rotatable bonds is 6. The minimum Gasteiger partial charge on any atom is -0.507 e. The monoisotopic (exact) mass is 306 g/mol. The van der Waals surface area contributed by atoms with E-state index in [1.807, 2.05) is 6.92 Å². The summed E-state index contributed by atoms with van der Waals surface area (Å²) in [5.74, 6) is -0.990. The maximum absolute atomic E-state index is 11.7. The van der Waals surface area contributed by atoms with Crippen molar-refractivity contribution in [1.29, 1.82) is 0 Å². The summed E-state index contributed by atoms with van der Waals surface area (Å²) < 4.78 is 10.3. The highest BCUT2D eigenvalue weighted by atomic mass is 16.5. The molecule has 22 heavy (non-hydrogen) atoms. The Morgan fingerprint density at radius 2 is 2.14 bits per heavy atom. The van der Waals surface area contributed by atoms with Gasteiger partial charge < -0.3 is 19.7 Å². The molecule has 1 aromatic carbocycles. The van der Waals surface area contributed by atoms with E-state index >= 15 is 0 Å². The lowest BCUT2D eigenvalue weighted by atomic mass is 9.95. The molecule has 0 saturated heterocycles. The van der Waals surface area contributed by atoms with Crippen LogP contribution in [0, 0.1) is 6.92 Å². The minimum atomic E-state index is -0.860.